The lowest BCUT2D eigenvalue weighted by Gasteiger charge is -2.39. The molecule has 0 spiro atoms. The van der Waals surface area contributed by atoms with Crippen LogP contribution in [0.5, 0.6) is 0 Å². The molecule has 2 aliphatic carbocycles. The molecule has 2 fully saturated rings. The van der Waals surface area contributed by atoms with Gasteiger partial charge >= 0.3 is 0 Å². The molecule has 3 heteroatoms. The number of hydrogen-bond acceptors (Lipinski definition) is 2. The standard InChI is InChI=1S/C26H46O2Si/c1-9-10-11-12-22(28-29(7,8)25(2,3)4)15-16-23-20-13-14-21(19-20)24(23)17-18-26(5,6)27/h15-16,20-24,27H,9-14,19H2,1-8H3/b16-15+. The Kier molecular flexibility index (Phi) is 8.27. The van der Waals surface area contributed by atoms with Crippen LogP contribution < -0.4 is 0 Å². The molecule has 0 amide bonds. The quantitative estimate of drug-likeness (QED) is 0.200. The van der Waals surface area contributed by atoms with Crippen molar-refractivity contribution in [3.05, 3.63) is 12.2 Å². The number of hydrogen-bond donors (Lipinski definition) is 1. The van der Waals surface area contributed by atoms with Crippen molar-refractivity contribution in [3.63, 3.8) is 0 Å². The molecule has 5 atom stereocenters. The van der Waals surface area contributed by atoms with Crippen molar-refractivity contribution < 1.29 is 9.53 Å². The molecule has 0 aromatic rings. The third-order valence-electron chi connectivity index (χ3n) is 7.42. The summed E-state index contributed by atoms with van der Waals surface area (Å²) in [5, 5.41) is 10.3. The van der Waals surface area contributed by atoms with Crippen LogP contribution in [-0.2, 0) is 4.43 Å². The molecule has 1 N–H and O–H groups in total. The average Bonchev–Trinajstić information content (AvgIpc) is 3.17. The van der Waals surface area contributed by atoms with Crippen molar-refractivity contribution in [1.29, 1.82) is 0 Å². The van der Waals surface area contributed by atoms with E-state index in [4.69, 9.17) is 4.43 Å². The summed E-state index contributed by atoms with van der Waals surface area (Å²) in [6.45, 7) is 17.5. The normalized spacial score (nSPS) is 28.6. The largest absolute Gasteiger partial charge is 0.411 e. The number of allylic oxidation sites excluding steroid dienone is 1. The van der Waals surface area contributed by atoms with Gasteiger partial charge in [-0.2, -0.15) is 0 Å². The van der Waals surface area contributed by atoms with Gasteiger partial charge in [0.05, 0.1) is 6.10 Å². The smallest absolute Gasteiger partial charge is 0.192 e. The zero-order valence-electron chi connectivity index (χ0n) is 20.3. The van der Waals surface area contributed by atoms with Gasteiger partial charge < -0.3 is 9.53 Å². The Balaban J connectivity index is 2.15. The summed E-state index contributed by atoms with van der Waals surface area (Å²) in [5.74, 6) is 8.99. The van der Waals surface area contributed by atoms with Gasteiger partial charge in [0.1, 0.15) is 5.60 Å². The van der Waals surface area contributed by atoms with Crippen molar-refractivity contribution in [2.45, 2.75) is 116 Å². The van der Waals surface area contributed by atoms with Gasteiger partial charge in [-0.1, -0.05) is 71.0 Å². The molecule has 2 aliphatic rings. The first-order valence-corrected chi connectivity index (χ1v) is 14.9. The van der Waals surface area contributed by atoms with E-state index in [0.29, 0.717) is 17.8 Å². The minimum atomic E-state index is -1.79. The summed E-state index contributed by atoms with van der Waals surface area (Å²) in [6.07, 6.45) is 13.9. The van der Waals surface area contributed by atoms with Gasteiger partial charge in [-0.05, 0) is 75.4 Å². The van der Waals surface area contributed by atoms with Crippen LogP contribution in [0.1, 0.15) is 86.5 Å². The van der Waals surface area contributed by atoms with E-state index in [0.717, 1.165) is 12.3 Å². The van der Waals surface area contributed by atoms with E-state index in [1.807, 2.05) is 0 Å². The fraction of sp³-hybridized carbons (Fsp3) is 0.846. The SMILES string of the molecule is CCCCCC(/C=C/C1C2CCC(C2)C1C#CC(C)(C)O)O[Si](C)(C)C(C)(C)C. The molecule has 5 unspecified atom stereocenters. The van der Waals surface area contributed by atoms with Crippen molar-refractivity contribution in [1.82, 2.24) is 0 Å². The van der Waals surface area contributed by atoms with Crippen LogP contribution in [0.3, 0.4) is 0 Å². The molecule has 2 saturated carbocycles. The Bertz CT molecular complexity index is 611. The maximum atomic E-state index is 10.1. The lowest BCUT2D eigenvalue weighted by atomic mass is 9.79. The summed E-state index contributed by atoms with van der Waals surface area (Å²) in [5.41, 5.74) is -0.899. The van der Waals surface area contributed by atoms with Gasteiger partial charge in [-0.25, -0.2) is 0 Å². The van der Waals surface area contributed by atoms with Crippen LogP contribution in [0.25, 0.3) is 0 Å². The minimum Gasteiger partial charge on any atom is -0.411 e. The summed E-state index contributed by atoms with van der Waals surface area (Å²) in [4.78, 5) is 0. The van der Waals surface area contributed by atoms with Gasteiger partial charge in [0.2, 0.25) is 0 Å². The lowest BCUT2D eigenvalue weighted by molar-refractivity contribution is 0.143. The molecule has 0 aromatic heterocycles. The zero-order chi connectivity index (χ0) is 21.9. The Morgan fingerprint density at radius 1 is 1.10 bits per heavy atom. The Morgan fingerprint density at radius 2 is 1.76 bits per heavy atom. The fourth-order valence-corrected chi connectivity index (χ4v) is 5.99. The number of unbranched alkanes of at least 4 members (excludes halogenated alkanes) is 2. The van der Waals surface area contributed by atoms with Crippen LogP contribution in [0.4, 0.5) is 0 Å². The maximum absolute atomic E-state index is 10.1. The van der Waals surface area contributed by atoms with Crippen LogP contribution in [0, 0.1) is 35.5 Å². The monoisotopic (exact) mass is 418 g/mol. The number of aliphatic hydroxyl groups is 1. The maximum Gasteiger partial charge on any atom is 0.192 e. The van der Waals surface area contributed by atoms with Crippen LogP contribution >= 0.6 is 0 Å². The molecule has 0 aliphatic heterocycles. The molecule has 0 heterocycles. The summed E-state index contributed by atoms with van der Waals surface area (Å²) in [6, 6.07) is 0. The van der Waals surface area contributed by atoms with Gasteiger partial charge in [0, 0.05) is 5.92 Å². The van der Waals surface area contributed by atoms with E-state index < -0.39 is 13.9 Å². The van der Waals surface area contributed by atoms with Crippen LogP contribution in [0.15, 0.2) is 12.2 Å². The molecule has 0 radical (unpaired) electrons. The van der Waals surface area contributed by atoms with E-state index in [1.165, 1.54) is 38.5 Å². The van der Waals surface area contributed by atoms with Crippen molar-refractivity contribution in [2.24, 2.45) is 23.7 Å². The third-order valence-corrected chi connectivity index (χ3v) is 11.9. The molecule has 29 heavy (non-hydrogen) atoms. The van der Waals surface area contributed by atoms with Crippen molar-refractivity contribution >= 4 is 8.32 Å². The molecule has 0 aromatic carbocycles. The number of fused-ring (bicyclic) bond motifs is 2. The zero-order valence-corrected chi connectivity index (χ0v) is 21.3. The Morgan fingerprint density at radius 3 is 2.34 bits per heavy atom. The van der Waals surface area contributed by atoms with Crippen molar-refractivity contribution in [2.75, 3.05) is 0 Å². The van der Waals surface area contributed by atoms with E-state index >= 15 is 0 Å². The van der Waals surface area contributed by atoms with E-state index in [9.17, 15) is 5.11 Å². The van der Waals surface area contributed by atoms with Gasteiger partial charge in [-0.3, -0.25) is 0 Å². The lowest BCUT2D eigenvalue weighted by Crippen LogP contribution is -2.43. The summed E-state index contributed by atoms with van der Waals surface area (Å²) in [7, 11) is -1.79. The second-order valence-corrected chi connectivity index (χ2v) is 16.3. The molecule has 166 valence electrons. The Hall–Kier alpha value is -0.563. The van der Waals surface area contributed by atoms with E-state index in [2.05, 4.69) is 64.8 Å². The Labute approximate surface area is 182 Å². The fourth-order valence-electron chi connectivity index (χ4n) is 4.68. The molecule has 2 rings (SSSR count). The molecule has 2 nitrogen and oxygen atoms in total. The van der Waals surface area contributed by atoms with Crippen LogP contribution in [-0.4, -0.2) is 25.1 Å². The van der Waals surface area contributed by atoms with Crippen molar-refractivity contribution in [3.8, 4) is 11.8 Å². The first-order valence-electron chi connectivity index (χ1n) is 12.0. The van der Waals surface area contributed by atoms with Crippen LogP contribution in [0.2, 0.25) is 18.1 Å². The second-order valence-electron chi connectivity index (χ2n) is 11.6. The van der Waals surface area contributed by atoms with E-state index in [1.54, 1.807) is 13.8 Å². The molecule has 0 saturated heterocycles. The molecule has 2 bridgehead atoms. The minimum absolute atomic E-state index is 0.226. The van der Waals surface area contributed by atoms with E-state index in [-0.39, 0.29) is 11.1 Å². The highest BCUT2D eigenvalue weighted by atomic mass is 28.4. The summed E-state index contributed by atoms with van der Waals surface area (Å²) >= 11 is 0. The summed E-state index contributed by atoms with van der Waals surface area (Å²) < 4.78 is 6.81. The van der Waals surface area contributed by atoms with Gasteiger partial charge in [0.15, 0.2) is 8.32 Å². The highest BCUT2D eigenvalue weighted by Gasteiger charge is 2.46. The average molecular weight is 419 g/mol. The first kappa shape index (κ1) is 24.7. The molecular weight excluding hydrogens is 372 g/mol. The van der Waals surface area contributed by atoms with Gasteiger partial charge in [-0.15, -0.1) is 0 Å². The second kappa shape index (κ2) is 9.71. The number of rotatable bonds is 8. The van der Waals surface area contributed by atoms with Gasteiger partial charge in [0.25, 0.3) is 0 Å². The predicted molar refractivity (Wildman–Crippen MR) is 127 cm³/mol. The first-order chi connectivity index (χ1) is 13.3. The topological polar surface area (TPSA) is 29.5 Å². The molecular formula is C26H46O2Si. The predicted octanol–water partition coefficient (Wildman–Crippen LogP) is 6.95. The third kappa shape index (κ3) is 6.98. The highest BCUT2D eigenvalue weighted by molar-refractivity contribution is 6.74. The highest BCUT2D eigenvalue weighted by Crippen LogP contribution is 2.52.